The van der Waals surface area contributed by atoms with Crippen molar-refractivity contribution in [3.63, 3.8) is 0 Å². The van der Waals surface area contributed by atoms with Crippen molar-refractivity contribution in [1.82, 2.24) is 5.32 Å². The van der Waals surface area contributed by atoms with Gasteiger partial charge in [-0.1, -0.05) is 23.2 Å². The molecule has 1 aromatic rings. The highest BCUT2D eigenvalue weighted by Gasteiger charge is 2.20. The van der Waals surface area contributed by atoms with Gasteiger partial charge in [-0.3, -0.25) is 0 Å². The number of benzene rings is 1. The summed E-state index contributed by atoms with van der Waals surface area (Å²) < 4.78 is 0. The third kappa shape index (κ3) is 4.01. The van der Waals surface area contributed by atoms with Crippen LogP contribution in [-0.4, -0.2) is 23.3 Å². The molecule has 0 aliphatic heterocycles. The number of amides is 2. The number of urea groups is 1. The van der Waals surface area contributed by atoms with Crippen LogP contribution in [0.25, 0.3) is 0 Å². The van der Waals surface area contributed by atoms with Gasteiger partial charge >= 0.3 is 6.03 Å². The molecule has 1 aliphatic rings. The molecule has 0 unspecified atom stereocenters. The Bertz CT molecular complexity index is 477. The van der Waals surface area contributed by atoms with Gasteiger partial charge in [0.1, 0.15) is 0 Å². The van der Waals surface area contributed by atoms with Crippen LogP contribution in [-0.2, 0) is 0 Å². The molecule has 0 spiro atoms. The Kier molecular flexibility index (Phi) is 5.13. The predicted molar refractivity (Wildman–Crippen MR) is 81.6 cm³/mol. The molecular weight excluding hydrogens is 299 g/mol. The molecule has 1 aliphatic carbocycles. The van der Waals surface area contributed by atoms with Crippen molar-refractivity contribution >= 4 is 34.9 Å². The van der Waals surface area contributed by atoms with Crippen LogP contribution in [0.4, 0.5) is 10.5 Å². The standard InChI is InChI=1S/C14H18Cl2N2O2/c1-8-12(15)6-10(7-13(8)16)18-14(20)17-9-2-4-11(19)5-3-9/h6-7,9,11,19H,2-5H2,1H3,(H2,17,18,20). The summed E-state index contributed by atoms with van der Waals surface area (Å²) in [6.45, 7) is 1.82. The molecule has 1 saturated carbocycles. The lowest BCUT2D eigenvalue weighted by atomic mass is 9.93. The number of aliphatic hydroxyl groups excluding tert-OH is 1. The summed E-state index contributed by atoms with van der Waals surface area (Å²) in [5, 5.41) is 16.1. The molecule has 4 nitrogen and oxygen atoms in total. The first kappa shape index (κ1) is 15.4. The topological polar surface area (TPSA) is 61.4 Å². The van der Waals surface area contributed by atoms with Gasteiger partial charge in [-0.05, 0) is 50.3 Å². The van der Waals surface area contributed by atoms with Crippen LogP contribution < -0.4 is 10.6 Å². The quantitative estimate of drug-likeness (QED) is 0.778. The number of aliphatic hydroxyl groups is 1. The van der Waals surface area contributed by atoms with Crippen molar-refractivity contribution < 1.29 is 9.90 Å². The zero-order valence-corrected chi connectivity index (χ0v) is 12.8. The molecule has 2 rings (SSSR count). The van der Waals surface area contributed by atoms with Gasteiger partial charge in [-0.25, -0.2) is 4.79 Å². The van der Waals surface area contributed by atoms with Gasteiger partial charge < -0.3 is 15.7 Å². The fraction of sp³-hybridized carbons (Fsp3) is 0.500. The summed E-state index contributed by atoms with van der Waals surface area (Å²) in [4.78, 5) is 11.9. The predicted octanol–water partition coefficient (Wildman–Crippen LogP) is 3.73. The van der Waals surface area contributed by atoms with Gasteiger partial charge in [0.2, 0.25) is 0 Å². The van der Waals surface area contributed by atoms with Crippen molar-refractivity contribution in [2.24, 2.45) is 0 Å². The maximum atomic E-state index is 11.9. The Labute approximate surface area is 128 Å². The molecular formula is C14H18Cl2N2O2. The first-order valence-corrected chi connectivity index (χ1v) is 7.42. The zero-order valence-electron chi connectivity index (χ0n) is 11.2. The number of hydrogen-bond donors (Lipinski definition) is 3. The highest BCUT2D eigenvalue weighted by molar-refractivity contribution is 6.36. The number of anilines is 1. The molecule has 0 heterocycles. The third-order valence-corrected chi connectivity index (χ3v) is 4.36. The number of nitrogens with one attached hydrogen (secondary N) is 2. The zero-order chi connectivity index (χ0) is 14.7. The van der Waals surface area contributed by atoms with E-state index in [0.717, 1.165) is 31.2 Å². The lowest BCUT2D eigenvalue weighted by Gasteiger charge is -2.26. The van der Waals surface area contributed by atoms with E-state index < -0.39 is 0 Å². The Morgan fingerprint density at radius 2 is 1.75 bits per heavy atom. The summed E-state index contributed by atoms with van der Waals surface area (Å²) in [6.07, 6.45) is 2.82. The molecule has 0 radical (unpaired) electrons. The van der Waals surface area contributed by atoms with E-state index in [1.54, 1.807) is 12.1 Å². The largest absolute Gasteiger partial charge is 0.393 e. The fourth-order valence-corrected chi connectivity index (χ4v) is 2.78. The van der Waals surface area contributed by atoms with E-state index in [1.807, 2.05) is 6.92 Å². The van der Waals surface area contributed by atoms with E-state index in [4.69, 9.17) is 23.2 Å². The van der Waals surface area contributed by atoms with Gasteiger partial charge in [0, 0.05) is 21.8 Å². The van der Waals surface area contributed by atoms with Crippen LogP contribution in [0.2, 0.25) is 10.0 Å². The smallest absolute Gasteiger partial charge is 0.319 e. The summed E-state index contributed by atoms with van der Waals surface area (Å²) in [5.74, 6) is 0. The average Bonchev–Trinajstić information content (AvgIpc) is 2.38. The highest BCUT2D eigenvalue weighted by atomic mass is 35.5. The van der Waals surface area contributed by atoms with Crippen LogP contribution in [0.5, 0.6) is 0 Å². The molecule has 0 aromatic heterocycles. The third-order valence-electron chi connectivity index (χ3n) is 3.57. The molecule has 3 N–H and O–H groups in total. The molecule has 0 saturated heterocycles. The molecule has 1 fully saturated rings. The van der Waals surface area contributed by atoms with Gasteiger partial charge in [0.15, 0.2) is 0 Å². The average molecular weight is 317 g/mol. The van der Waals surface area contributed by atoms with Gasteiger partial charge in [0.05, 0.1) is 6.10 Å². The lowest BCUT2D eigenvalue weighted by Crippen LogP contribution is -2.40. The van der Waals surface area contributed by atoms with Crippen LogP contribution in [0.3, 0.4) is 0 Å². The van der Waals surface area contributed by atoms with Crippen molar-refractivity contribution in [2.75, 3.05) is 5.32 Å². The van der Waals surface area contributed by atoms with Crippen LogP contribution in [0, 0.1) is 6.92 Å². The first-order valence-electron chi connectivity index (χ1n) is 6.67. The number of carbonyl (C=O) groups excluding carboxylic acids is 1. The second-order valence-electron chi connectivity index (χ2n) is 5.17. The Morgan fingerprint density at radius 3 is 2.30 bits per heavy atom. The maximum absolute atomic E-state index is 11.9. The number of hydrogen-bond acceptors (Lipinski definition) is 2. The first-order chi connectivity index (χ1) is 9.45. The molecule has 20 heavy (non-hydrogen) atoms. The summed E-state index contributed by atoms with van der Waals surface area (Å²) in [7, 11) is 0. The van der Waals surface area contributed by atoms with Crippen LogP contribution in [0.1, 0.15) is 31.2 Å². The van der Waals surface area contributed by atoms with Crippen LogP contribution in [0.15, 0.2) is 12.1 Å². The molecule has 1 aromatic carbocycles. The summed E-state index contributed by atoms with van der Waals surface area (Å²) in [6, 6.07) is 3.18. The minimum Gasteiger partial charge on any atom is -0.393 e. The molecule has 2 amide bonds. The van der Waals surface area contributed by atoms with Gasteiger partial charge in [0.25, 0.3) is 0 Å². The Morgan fingerprint density at radius 1 is 1.20 bits per heavy atom. The summed E-state index contributed by atoms with van der Waals surface area (Å²) in [5.41, 5.74) is 1.36. The van der Waals surface area contributed by atoms with E-state index in [-0.39, 0.29) is 18.2 Å². The van der Waals surface area contributed by atoms with Crippen molar-refractivity contribution in [3.8, 4) is 0 Å². The number of carbonyl (C=O) groups is 1. The van der Waals surface area contributed by atoms with Crippen molar-refractivity contribution in [1.29, 1.82) is 0 Å². The summed E-state index contributed by atoms with van der Waals surface area (Å²) >= 11 is 12.1. The number of halogens is 2. The van der Waals surface area contributed by atoms with Crippen molar-refractivity contribution in [3.05, 3.63) is 27.7 Å². The van der Waals surface area contributed by atoms with Crippen molar-refractivity contribution in [2.45, 2.75) is 44.8 Å². The Balaban J connectivity index is 1.91. The monoisotopic (exact) mass is 316 g/mol. The minimum atomic E-state index is -0.276. The fourth-order valence-electron chi connectivity index (χ4n) is 2.29. The molecule has 110 valence electrons. The van der Waals surface area contributed by atoms with Gasteiger partial charge in [-0.2, -0.15) is 0 Å². The van der Waals surface area contributed by atoms with E-state index in [9.17, 15) is 9.90 Å². The molecule has 0 bridgehead atoms. The van der Waals surface area contributed by atoms with E-state index >= 15 is 0 Å². The lowest BCUT2D eigenvalue weighted by molar-refractivity contribution is 0.118. The van der Waals surface area contributed by atoms with Crippen LogP contribution >= 0.6 is 23.2 Å². The molecule has 6 heteroatoms. The number of rotatable bonds is 2. The second-order valence-corrected chi connectivity index (χ2v) is 5.98. The van der Waals surface area contributed by atoms with E-state index in [0.29, 0.717) is 15.7 Å². The minimum absolute atomic E-state index is 0.106. The molecule has 0 atom stereocenters. The second kappa shape index (κ2) is 6.66. The normalized spacial score (nSPS) is 22.4. The highest BCUT2D eigenvalue weighted by Crippen LogP contribution is 2.28. The Hall–Kier alpha value is -0.970. The van der Waals surface area contributed by atoms with Gasteiger partial charge in [-0.15, -0.1) is 0 Å². The SMILES string of the molecule is Cc1c(Cl)cc(NC(=O)NC2CCC(O)CC2)cc1Cl. The van der Waals surface area contributed by atoms with E-state index in [2.05, 4.69) is 10.6 Å². The van der Waals surface area contributed by atoms with E-state index in [1.165, 1.54) is 0 Å². The maximum Gasteiger partial charge on any atom is 0.319 e.